The Balaban J connectivity index is 3.08. The number of amides is 1. The van der Waals surface area contributed by atoms with E-state index in [0.29, 0.717) is 0 Å². The number of carbonyl (C=O) groups is 1. The van der Waals surface area contributed by atoms with Crippen LogP contribution in [0.5, 0.6) is 5.75 Å². The van der Waals surface area contributed by atoms with Crippen LogP contribution in [-0.4, -0.2) is 28.8 Å². The van der Waals surface area contributed by atoms with Crippen molar-refractivity contribution in [1.82, 2.24) is 5.32 Å². The maximum atomic E-state index is 12.3. The highest BCUT2D eigenvalue weighted by atomic mass is 79.9. The number of hydrogen-bond donors (Lipinski definition) is 1. The van der Waals surface area contributed by atoms with Gasteiger partial charge in [-0.1, -0.05) is 28.9 Å². The van der Waals surface area contributed by atoms with Gasteiger partial charge in [0.1, 0.15) is 0 Å². The Morgan fingerprint density at radius 2 is 2.19 bits per heavy atom. The molecule has 0 saturated carbocycles. The first-order chi connectivity index (χ1) is 10.0. The van der Waals surface area contributed by atoms with Gasteiger partial charge in [0.2, 0.25) is 5.75 Å². The predicted molar refractivity (Wildman–Crippen MR) is 84.2 cm³/mol. The van der Waals surface area contributed by atoms with Crippen molar-refractivity contribution in [1.29, 1.82) is 0 Å². The van der Waals surface area contributed by atoms with Crippen LogP contribution in [0.2, 0.25) is 0 Å². The van der Waals surface area contributed by atoms with Crippen molar-refractivity contribution in [3.63, 3.8) is 0 Å². The predicted octanol–water partition coefficient (Wildman–Crippen LogP) is 3.29. The molecule has 1 amide bonds. The van der Waals surface area contributed by atoms with Crippen LogP contribution in [0.15, 0.2) is 18.2 Å². The second kappa shape index (κ2) is 8.61. The molecule has 0 fully saturated rings. The lowest BCUT2D eigenvalue weighted by Gasteiger charge is -2.17. The number of alkyl halides is 1. The molecule has 0 aliphatic rings. The van der Waals surface area contributed by atoms with Crippen molar-refractivity contribution >= 4 is 27.5 Å². The summed E-state index contributed by atoms with van der Waals surface area (Å²) in [6.07, 6.45) is 1.58. The summed E-state index contributed by atoms with van der Waals surface area (Å²) in [6.45, 7) is 3.95. The Labute approximate surface area is 132 Å². The van der Waals surface area contributed by atoms with Crippen molar-refractivity contribution in [2.45, 2.75) is 32.7 Å². The normalized spacial score (nSPS) is 11.8. The van der Waals surface area contributed by atoms with Crippen molar-refractivity contribution < 1.29 is 14.5 Å². The smallest absolute Gasteiger partial charge is 0.311 e. The van der Waals surface area contributed by atoms with E-state index in [-0.39, 0.29) is 35.6 Å². The number of hydrogen-bond acceptors (Lipinski definition) is 4. The van der Waals surface area contributed by atoms with Gasteiger partial charge in [0, 0.05) is 17.4 Å². The van der Waals surface area contributed by atoms with Crippen LogP contribution in [0.1, 0.15) is 37.0 Å². The molecule has 0 radical (unpaired) electrons. The Morgan fingerprint density at radius 1 is 1.48 bits per heavy atom. The average molecular weight is 359 g/mol. The number of rotatable bonds is 8. The maximum Gasteiger partial charge on any atom is 0.311 e. The number of nitrogens with one attached hydrogen (secondary N) is 1. The van der Waals surface area contributed by atoms with Gasteiger partial charge in [0.15, 0.2) is 0 Å². The lowest BCUT2D eigenvalue weighted by molar-refractivity contribution is -0.385. The minimum atomic E-state index is -0.544. The highest BCUT2D eigenvalue weighted by Gasteiger charge is 2.24. The molecule has 1 rings (SSSR count). The molecule has 1 aromatic rings. The number of benzene rings is 1. The van der Waals surface area contributed by atoms with Gasteiger partial charge in [0.05, 0.1) is 17.1 Å². The van der Waals surface area contributed by atoms with Gasteiger partial charge in [-0.15, -0.1) is 0 Å². The zero-order valence-electron chi connectivity index (χ0n) is 12.1. The van der Waals surface area contributed by atoms with Gasteiger partial charge in [-0.05, 0) is 25.8 Å². The molecule has 0 aliphatic heterocycles. The molecular weight excluding hydrogens is 340 g/mol. The largest absolute Gasteiger partial charge is 0.487 e. The summed E-state index contributed by atoms with van der Waals surface area (Å²) in [6, 6.07) is 4.37. The minimum Gasteiger partial charge on any atom is -0.487 e. The summed E-state index contributed by atoms with van der Waals surface area (Å²) in [4.78, 5) is 22.8. The first kappa shape index (κ1) is 17.4. The third-order valence-corrected chi connectivity index (χ3v) is 3.47. The van der Waals surface area contributed by atoms with E-state index in [4.69, 9.17) is 4.74 Å². The van der Waals surface area contributed by atoms with Crippen molar-refractivity contribution in [2.75, 3.05) is 11.9 Å². The van der Waals surface area contributed by atoms with Crippen LogP contribution in [-0.2, 0) is 0 Å². The molecule has 6 nitrogen and oxygen atoms in total. The zero-order chi connectivity index (χ0) is 15.8. The quantitative estimate of drug-likeness (QED) is 0.439. The van der Waals surface area contributed by atoms with Gasteiger partial charge in [0.25, 0.3) is 5.91 Å². The Hall–Kier alpha value is -1.63. The summed E-state index contributed by atoms with van der Waals surface area (Å²) in [5, 5.41) is 14.7. The fourth-order valence-corrected chi connectivity index (χ4v) is 2.47. The summed E-state index contributed by atoms with van der Waals surface area (Å²) >= 11 is 3.34. The monoisotopic (exact) mass is 358 g/mol. The molecule has 0 bridgehead atoms. The first-order valence-electron chi connectivity index (χ1n) is 6.82. The van der Waals surface area contributed by atoms with E-state index >= 15 is 0 Å². The standard InChI is InChI=1S/C14H19BrN2O4/c1-3-10(8-9-15)16-14(18)11-6-5-7-12(17(19)20)13(11)21-4-2/h5-7,10H,3-4,8-9H2,1-2H3,(H,16,18). The molecule has 21 heavy (non-hydrogen) atoms. The van der Waals surface area contributed by atoms with E-state index in [1.54, 1.807) is 6.92 Å². The Kier molecular flexibility index (Phi) is 7.14. The fraction of sp³-hybridized carbons (Fsp3) is 0.500. The van der Waals surface area contributed by atoms with Crippen LogP contribution in [0.4, 0.5) is 5.69 Å². The Bertz CT molecular complexity index is 508. The summed E-state index contributed by atoms with van der Waals surface area (Å²) < 4.78 is 5.31. The fourth-order valence-electron chi connectivity index (χ4n) is 1.92. The van der Waals surface area contributed by atoms with Crippen LogP contribution >= 0.6 is 15.9 Å². The van der Waals surface area contributed by atoms with Crippen molar-refractivity contribution in [2.24, 2.45) is 0 Å². The second-order valence-electron chi connectivity index (χ2n) is 4.40. The SMILES string of the molecule is CCOc1c(C(=O)NC(CC)CCBr)cccc1[N+](=O)[O-]. The minimum absolute atomic E-state index is 0.0191. The molecule has 0 spiro atoms. The lowest BCUT2D eigenvalue weighted by Crippen LogP contribution is -2.35. The molecule has 1 atom stereocenters. The third kappa shape index (κ3) is 4.70. The summed E-state index contributed by atoms with van der Waals surface area (Å²) in [5.41, 5.74) is -0.00267. The van der Waals surface area contributed by atoms with Crippen LogP contribution in [0, 0.1) is 10.1 Å². The van der Waals surface area contributed by atoms with Gasteiger partial charge < -0.3 is 10.1 Å². The van der Waals surface area contributed by atoms with E-state index in [9.17, 15) is 14.9 Å². The molecule has 7 heteroatoms. The van der Waals surface area contributed by atoms with Gasteiger partial charge in [-0.3, -0.25) is 14.9 Å². The van der Waals surface area contributed by atoms with E-state index in [1.165, 1.54) is 18.2 Å². The molecule has 1 aromatic carbocycles. The molecule has 0 heterocycles. The van der Waals surface area contributed by atoms with Crippen molar-refractivity contribution in [3.05, 3.63) is 33.9 Å². The molecule has 116 valence electrons. The molecule has 1 unspecified atom stereocenters. The van der Waals surface area contributed by atoms with Gasteiger partial charge >= 0.3 is 5.69 Å². The molecule has 1 N–H and O–H groups in total. The maximum absolute atomic E-state index is 12.3. The van der Waals surface area contributed by atoms with Crippen LogP contribution in [0.3, 0.4) is 0 Å². The number of nitrogens with zero attached hydrogens (tertiary/aromatic N) is 1. The number of carbonyl (C=O) groups excluding carboxylic acids is 1. The van der Waals surface area contributed by atoms with Crippen LogP contribution in [0.25, 0.3) is 0 Å². The zero-order valence-corrected chi connectivity index (χ0v) is 13.7. The summed E-state index contributed by atoms with van der Waals surface area (Å²) in [7, 11) is 0. The number of nitro groups is 1. The van der Waals surface area contributed by atoms with E-state index < -0.39 is 4.92 Å². The number of nitro benzene ring substituents is 1. The van der Waals surface area contributed by atoms with E-state index in [1.807, 2.05) is 6.92 Å². The third-order valence-electron chi connectivity index (χ3n) is 3.01. The highest BCUT2D eigenvalue weighted by molar-refractivity contribution is 9.09. The van der Waals surface area contributed by atoms with Crippen molar-refractivity contribution in [3.8, 4) is 5.75 Å². The number of ether oxygens (including phenoxy) is 1. The topological polar surface area (TPSA) is 81.5 Å². The molecular formula is C14H19BrN2O4. The van der Waals surface area contributed by atoms with E-state index in [0.717, 1.165) is 18.2 Å². The number of para-hydroxylation sites is 1. The average Bonchev–Trinajstić information content (AvgIpc) is 2.46. The molecule has 0 aromatic heterocycles. The molecule has 0 saturated heterocycles. The van der Waals surface area contributed by atoms with E-state index in [2.05, 4.69) is 21.2 Å². The number of halogens is 1. The molecule has 0 aliphatic carbocycles. The highest BCUT2D eigenvalue weighted by Crippen LogP contribution is 2.31. The van der Waals surface area contributed by atoms with Crippen LogP contribution < -0.4 is 10.1 Å². The summed E-state index contributed by atoms with van der Waals surface area (Å²) in [5.74, 6) is -0.328. The lowest BCUT2D eigenvalue weighted by atomic mass is 10.1. The second-order valence-corrected chi connectivity index (χ2v) is 5.19. The Morgan fingerprint density at radius 3 is 2.71 bits per heavy atom. The first-order valence-corrected chi connectivity index (χ1v) is 7.94. The van der Waals surface area contributed by atoms with Gasteiger partial charge in [-0.25, -0.2) is 0 Å². The van der Waals surface area contributed by atoms with Gasteiger partial charge in [-0.2, -0.15) is 0 Å².